The summed E-state index contributed by atoms with van der Waals surface area (Å²) < 4.78 is 5.49. The highest BCUT2D eigenvalue weighted by atomic mass is 127. The van der Waals surface area contributed by atoms with E-state index in [1.54, 1.807) is 6.20 Å². The summed E-state index contributed by atoms with van der Waals surface area (Å²) in [6.07, 6.45) is 4.36. The maximum Gasteiger partial charge on any atom is 0.213 e. The summed E-state index contributed by atoms with van der Waals surface area (Å²) in [5.41, 5.74) is 6.96. The lowest BCUT2D eigenvalue weighted by atomic mass is 10.3. The van der Waals surface area contributed by atoms with Gasteiger partial charge in [0.25, 0.3) is 0 Å². The van der Waals surface area contributed by atoms with Gasteiger partial charge in [0.1, 0.15) is 0 Å². The fourth-order valence-electron chi connectivity index (χ4n) is 1.75. The number of hydrogen-bond acceptors (Lipinski definition) is 3. The predicted molar refractivity (Wildman–Crippen MR) is 91.5 cm³/mol. The SMILES string of the molecule is CC(C)Oc1ccc(CN=C(N)N(C)C2CC2)cn1.I. The zero-order valence-corrected chi connectivity index (χ0v) is 14.6. The van der Waals surface area contributed by atoms with Gasteiger partial charge in [-0.1, -0.05) is 6.07 Å². The molecule has 0 aromatic carbocycles. The zero-order chi connectivity index (χ0) is 13.8. The van der Waals surface area contributed by atoms with Crippen molar-refractivity contribution >= 4 is 29.9 Å². The van der Waals surface area contributed by atoms with E-state index in [4.69, 9.17) is 10.5 Å². The van der Waals surface area contributed by atoms with E-state index < -0.39 is 0 Å². The second-order valence-corrected chi connectivity index (χ2v) is 5.19. The van der Waals surface area contributed by atoms with Gasteiger partial charge in [-0.15, -0.1) is 24.0 Å². The number of aromatic nitrogens is 1. The number of hydrogen-bond donors (Lipinski definition) is 1. The molecule has 5 nitrogen and oxygen atoms in total. The minimum absolute atomic E-state index is 0. The lowest BCUT2D eigenvalue weighted by Gasteiger charge is -2.16. The number of aliphatic imine (C=N–C) groups is 1. The van der Waals surface area contributed by atoms with Crippen LogP contribution in [0.1, 0.15) is 32.3 Å². The zero-order valence-electron chi connectivity index (χ0n) is 12.2. The Kier molecular flexibility index (Phi) is 6.51. The first-order valence-electron chi connectivity index (χ1n) is 6.70. The third kappa shape index (κ3) is 5.15. The quantitative estimate of drug-likeness (QED) is 0.477. The molecule has 20 heavy (non-hydrogen) atoms. The molecule has 1 saturated carbocycles. The van der Waals surface area contributed by atoms with Crippen LogP contribution in [-0.4, -0.2) is 35.0 Å². The van der Waals surface area contributed by atoms with E-state index in [-0.39, 0.29) is 30.1 Å². The Labute approximate surface area is 137 Å². The van der Waals surface area contributed by atoms with Gasteiger partial charge in [0.15, 0.2) is 5.96 Å². The average molecular weight is 390 g/mol. The van der Waals surface area contributed by atoms with Crippen LogP contribution in [0.3, 0.4) is 0 Å². The van der Waals surface area contributed by atoms with E-state index in [2.05, 4.69) is 9.98 Å². The molecule has 2 rings (SSSR count). The van der Waals surface area contributed by atoms with Crippen molar-refractivity contribution in [1.82, 2.24) is 9.88 Å². The van der Waals surface area contributed by atoms with Gasteiger partial charge in [-0.25, -0.2) is 9.98 Å². The van der Waals surface area contributed by atoms with Gasteiger partial charge in [-0.05, 0) is 32.3 Å². The molecule has 0 aliphatic heterocycles. The number of guanidine groups is 1. The van der Waals surface area contributed by atoms with E-state index >= 15 is 0 Å². The molecule has 1 aromatic rings. The Balaban J connectivity index is 0.00000200. The summed E-state index contributed by atoms with van der Waals surface area (Å²) in [5, 5.41) is 0. The van der Waals surface area contributed by atoms with Crippen LogP contribution in [0.25, 0.3) is 0 Å². The lowest BCUT2D eigenvalue weighted by Crippen LogP contribution is -2.35. The number of pyridine rings is 1. The number of rotatable bonds is 5. The highest BCUT2D eigenvalue weighted by Crippen LogP contribution is 2.24. The fraction of sp³-hybridized carbons (Fsp3) is 0.571. The Hall–Kier alpha value is -1.05. The van der Waals surface area contributed by atoms with E-state index in [0.717, 1.165) is 5.56 Å². The van der Waals surface area contributed by atoms with Gasteiger partial charge < -0.3 is 15.4 Å². The molecule has 2 N–H and O–H groups in total. The number of nitrogens with two attached hydrogens (primary N) is 1. The average Bonchev–Trinajstić information content (AvgIpc) is 3.20. The standard InChI is InChI=1S/C14H22N4O.HI/c1-10(2)19-13-7-4-11(8-16-13)9-17-14(15)18(3)12-5-6-12;/h4,7-8,10,12H,5-6,9H2,1-3H3,(H2,15,17);1H. The topological polar surface area (TPSA) is 63.7 Å². The molecule has 0 radical (unpaired) electrons. The summed E-state index contributed by atoms with van der Waals surface area (Å²) in [6.45, 7) is 4.51. The molecule has 0 saturated heterocycles. The molecule has 0 bridgehead atoms. The number of halogens is 1. The van der Waals surface area contributed by atoms with Crippen LogP contribution in [-0.2, 0) is 6.54 Å². The van der Waals surface area contributed by atoms with E-state index in [1.165, 1.54) is 12.8 Å². The van der Waals surface area contributed by atoms with E-state index in [0.29, 0.717) is 24.4 Å². The molecule has 1 aliphatic rings. The van der Waals surface area contributed by atoms with Crippen molar-refractivity contribution in [2.45, 2.75) is 45.4 Å². The Bertz CT molecular complexity index is 443. The highest BCUT2D eigenvalue weighted by molar-refractivity contribution is 14.0. The summed E-state index contributed by atoms with van der Waals surface area (Å²) in [6, 6.07) is 4.42. The lowest BCUT2D eigenvalue weighted by molar-refractivity contribution is 0.232. The van der Waals surface area contributed by atoms with Crippen LogP contribution in [0, 0.1) is 0 Å². The minimum Gasteiger partial charge on any atom is -0.475 e. The normalized spacial score (nSPS) is 14.9. The van der Waals surface area contributed by atoms with E-state index in [1.807, 2.05) is 37.9 Å². The maximum atomic E-state index is 5.93. The van der Waals surface area contributed by atoms with Crippen molar-refractivity contribution in [1.29, 1.82) is 0 Å². The fourth-order valence-corrected chi connectivity index (χ4v) is 1.75. The van der Waals surface area contributed by atoms with Crippen molar-refractivity contribution < 1.29 is 4.74 Å². The number of ether oxygens (including phenoxy) is 1. The molecule has 6 heteroatoms. The van der Waals surface area contributed by atoms with Crippen molar-refractivity contribution in [2.75, 3.05) is 7.05 Å². The first-order valence-corrected chi connectivity index (χ1v) is 6.70. The molecule has 0 atom stereocenters. The second-order valence-electron chi connectivity index (χ2n) is 5.19. The smallest absolute Gasteiger partial charge is 0.213 e. The predicted octanol–water partition coefficient (Wildman–Crippen LogP) is 2.40. The third-order valence-corrected chi connectivity index (χ3v) is 3.03. The molecular formula is C14H23IN4O. The monoisotopic (exact) mass is 390 g/mol. The summed E-state index contributed by atoms with van der Waals surface area (Å²) in [5.74, 6) is 1.25. The first-order chi connectivity index (χ1) is 9.06. The molecular weight excluding hydrogens is 367 g/mol. The van der Waals surface area contributed by atoms with Crippen molar-refractivity contribution in [3.63, 3.8) is 0 Å². The van der Waals surface area contributed by atoms with Gasteiger partial charge >= 0.3 is 0 Å². The molecule has 1 aromatic heterocycles. The van der Waals surface area contributed by atoms with E-state index in [9.17, 15) is 0 Å². The minimum atomic E-state index is 0. The molecule has 0 amide bonds. The molecule has 1 fully saturated rings. The molecule has 0 spiro atoms. The number of nitrogens with zero attached hydrogens (tertiary/aromatic N) is 3. The van der Waals surface area contributed by atoms with Crippen LogP contribution in [0.15, 0.2) is 23.3 Å². The Morgan fingerprint density at radius 2 is 2.20 bits per heavy atom. The maximum absolute atomic E-state index is 5.93. The summed E-state index contributed by atoms with van der Waals surface area (Å²) >= 11 is 0. The van der Waals surface area contributed by atoms with Gasteiger partial charge in [-0.2, -0.15) is 0 Å². The third-order valence-electron chi connectivity index (χ3n) is 3.03. The van der Waals surface area contributed by atoms with Crippen molar-refractivity contribution in [3.8, 4) is 5.88 Å². The van der Waals surface area contributed by atoms with Gasteiger partial charge in [-0.3, -0.25) is 0 Å². The van der Waals surface area contributed by atoms with Crippen LogP contribution in [0.2, 0.25) is 0 Å². The van der Waals surface area contributed by atoms with Crippen LogP contribution in [0.5, 0.6) is 5.88 Å². The molecule has 1 aliphatic carbocycles. The van der Waals surface area contributed by atoms with Crippen molar-refractivity contribution in [2.24, 2.45) is 10.7 Å². The van der Waals surface area contributed by atoms with Crippen LogP contribution in [0.4, 0.5) is 0 Å². The molecule has 112 valence electrons. The Morgan fingerprint density at radius 1 is 1.50 bits per heavy atom. The van der Waals surface area contributed by atoms with Gasteiger partial charge in [0.05, 0.1) is 12.6 Å². The van der Waals surface area contributed by atoms with Gasteiger partial charge in [0.2, 0.25) is 5.88 Å². The second kappa shape index (κ2) is 7.66. The largest absolute Gasteiger partial charge is 0.475 e. The first kappa shape index (κ1) is 17.0. The van der Waals surface area contributed by atoms with Crippen LogP contribution < -0.4 is 10.5 Å². The van der Waals surface area contributed by atoms with Crippen molar-refractivity contribution in [3.05, 3.63) is 23.9 Å². The molecule has 1 heterocycles. The highest BCUT2D eigenvalue weighted by Gasteiger charge is 2.27. The summed E-state index contributed by atoms with van der Waals surface area (Å²) in [4.78, 5) is 10.7. The van der Waals surface area contributed by atoms with Gasteiger partial charge in [0, 0.05) is 25.4 Å². The Morgan fingerprint density at radius 3 is 2.70 bits per heavy atom. The molecule has 0 unspecified atom stereocenters. The summed E-state index contributed by atoms with van der Waals surface area (Å²) in [7, 11) is 1.99. The van der Waals surface area contributed by atoms with Crippen LogP contribution >= 0.6 is 24.0 Å².